The molecule has 1 N–H and O–H groups in total. The first-order chi connectivity index (χ1) is 12.0. The Balaban J connectivity index is 1.59. The van der Waals surface area contributed by atoms with Crippen molar-refractivity contribution >= 4 is 16.8 Å². The van der Waals surface area contributed by atoms with Crippen LogP contribution >= 0.6 is 0 Å². The van der Waals surface area contributed by atoms with E-state index in [4.69, 9.17) is 0 Å². The van der Waals surface area contributed by atoms with Crippen LogP contribution in [0.4, 0.5) is 0 Å². The average Bonchev–Trinajstić information content (AvgIpc) is 2.98. The number of aromatic amines is 1. The van der Waals surface area contributed by atoms with E-state index in [-0.39, 0.29) is 18.0 Å². The van der Waals surface area contributed by atoms with Crippen molar-refractivity contribution in [3.05, 3.63) is 36.0 Å². The summed E-state index contributed by atoms with van der Waals surface area (Å²) in [6.45, 7) is 11.4. The highest BCUT2D eigenvalue weighted by molar-refractivity contribution is 5.83. The smallest absolute Gasteiger partial charge is 0.226 e. The van der Waals surface area contributed by atoms with Crippen molar-refractivity contribution in [2.24, 2.45) is 5.92 Å². The van der Waals surface area contributed by atoms with Gasteiger partial charge in [0.15, 0.2) is 0 Å². The first-order valence-corrected chi connectivity index (χ1v) is 9.57. The fraction of sp³-hybridized carbons (Fsp3) is 0.571. The Morgan fingerprint density at radius 3 is 2.44 bits per heavy atom. The quantitative estimate of drug-likeness (QED) is 0.892. The van der Waals surface area contributed by atoms with Gasteiger partial charge in [-0.25, -0.2) is 0 Å². The van der Waals surface area contributed by atoms with E-state index in [2.05, 4.69) is 72.9 Å². The molecule has 136 valence electrons. The van der Waals surface area contributed by atoms with Gasteiger partial charge in [0.25, 0.3) is 0 Å². The first-order valence-electron chi connectivity index (χ1n) is 9.57. The van der Waals surface area contributed by atoms with Crippen molar-refractivity contribution < 1.29 is 4.79 Å². The number of H-pyrrole nitrogens is 1. The van der Waals surface area contributed by atoms with Crippen molar-refractivity contribution in [2.75, 3.05) is 13.1 Å². The van der Waals surface area contributed by atoms with Crippen LogP contribution in [0.2, 0.25) is 0 Å². The number of para-hydroxylation sites is 1. The van der Waals surface area contributed by atoms with Crippen LogP contribution in [0.3, 0.4) is 0 Å². The van der Waals surface area contributed by atoms with Gasteiger partial charge in [0.2, 0.25) is 5.91 Å². The molecule has 1 aliphatic heterocycles. The third-order valence-corrected chi connectivity index (χ3v) is 5.37. The number of aromatic nitrogens is 1. The largest absolute Gasteiger partial charge is 0.361 e. The van der Waals surface area contributed by atoms with E-state index >= 15 is 0 Å². The molecule has 25 heavy (non-hydrogen) atoms. The fourth-order valence-electron chi connectivity index (χ4n) is 4.16. The second-order valence-corrected chi connectivity index (χ2v) is 7.84. The van der Waals surface area contributed by atoms with Gasteiger partial charge in [-0.2, -0.15) is 0 Å². The van der Waals surface area contributed by atoms with Gasteiger partial charge in [0.1, 0.15) is 0 Å². The summed E-state index contributed by atoms with van der Waals surface area (Å²) in [4.78, 5) is 20.8. The molecular formula is C21H31N3O. The monoisotopic (exact) mass is 341 g/mol. The average molecular weight is 341 g/mol. The van der Waals surface area contributed by atoms with Crippen molar-refractivity contribution in [3.8, 4) is 0 Å². The molecule has 0 atom stereocenters. The molecule has 1 aromatic carbocycles. The predicted molar refractivity (Wildman–Crippen MR) is 103 cm³/mol. The number of hydrogen-bond acceptors (Lipinski definition) is 2. The van der Waals surface area contributed by atoms with Crippen molar-refractivity contribution in [1.82, 2.24) is 14.8 Å². The summed E-state index contributed by atoms with van der Waals surface area (Å²) in [6, 6.07) is 9.01. The normalized spacial score (nSPS) is 16.9. The van der Waals surface area contributed by atoms with E-state index in [1.54, 1.807) is 0 Å². The molecule has 0 bridgehead atoms. The van der Waals surface area contributed by atoms with E-state index in [9.17, 15) is 4.79 Å². The number of nitrogens with one attached hydrogen (secondary N) is 1. The SMILES string of the molecule is CC(C)N(C(=O)C1CCN(Cc2c[nH]c3ccccc23)CC1)C(C)C. The van der Waals surface area contributed by atoms with Gasteiger partial charge >= 0.3 is 0 Å². The lowest BCUT2D eigenvalue weighted by atomic mass is 9.94. The van der Waals surface area contributed by atoms with Gasteiger partial charge in [-0.1, -0.05) is 18.2 Å². The van der Waals surface area contributed by atoms with Crippen LogP contribution in [-0.2, 0) is 11.3 Å². The summed E-state index contributed by atoms with van der Waals surface area (Å²) in [6.07, 6.45) is 4.06. The molecule has 3 rings (SSSR count). The van der Waals surface area contributed by atoms with Gasteiger partial charge in [-0.05, 0) is 65.3 Å². The minimum atomic E-state index is 0.184. The van der Waals surface area contributed by atoms with E-state index in [0.717, 1.165) is 32.5 Å². The van der Waals surface area contributed by atoms with Crippen molar-refractivity contribution in [2.45, 2.75) is 59.2 Å². The van der Waals surface area contributed by atoms with Crippen molar-refractivity contribution in [3.63, 3.8) is 0 Å². The molecule has 4 heteroatoms. The van der Waals surface area contributed by atoms with Gasteiger partial charge in [-0.15, -0.1) is 0 Å². The van der Waals surface area contributed by atoms with Gasteiger partial charge in [-0.3, -0.25) is 9.69 Å². The maximum Gasteiger partial charge on any atom is 0.226 e. The molecule has 0 saturated carbocycles. The molecule has 2 aromatic rings. The Labute approximate surface area is 151 Å². The number of benzene rings is 1. The Hall–Kier alpha value is -1.81. The van der Waals surface area contributed by atoms with Crippen LogP contribution < -0.4 is 0 Å². The second kappa shape index (κ2) is 7.61. The summed E-state index contributed by atoms with van der Waals surface area (Å²) in [5, 5.41) is 1.31. The molecule has 4 nitrogen and oxygen atoms in total. The lowest BCUT2D eigenvalue weighted by Gasteiger charge is -2.37. The predicted octanol–water partition coefficient (Wildman–Crippen LogP) is 4.03. The van der Waals surface area contributed by atoms with E-state index < -0.39 is 0 Å². The van der Waals surface area contributed by atoms with E-state index in [1.165, 1.54) is 16.5 Å². The number of amides is 1. The standard InChI is InChI=1S/C21H31N3O/c1-15(2)24(16(3)4)21(25)17-9-11-23(12-10-17)14-18-13-22-20-8-6-5-7-19(18)20/h5-8,13,15-17,22H,9-12,14H2,1-4H3. The summed E-state index contributed by atoms with van der Waals surface area (Å²) >= 11 is 0. The molecule has 0 radical (unpaired) electrons. The molecular weight excluding hydrogens is 310 g/mol. The Bertz CT molecular complexity index is 703. The Morgan fingerprint density at radius 1 is 1.16 bits per heavy atom. The van der Waals surface area contributed by atoms with Crippen LogP contribution in [0, 0.1) is 5.92 Å². The Kier molecular flexibility index (Phi) is 5.48. The van der Waals surface area contributed by atoms with Crippen LogP contribution in [0.25, 0.3) is 10.9 Å². The molecule has 2 heterocycles. The molecule has 1 amide bonds. The van der Waals surface area contributed by atoms with Crippen LogP contribution in [-0.4, -0.2) is 45.9 Å². The number of fused-ring (bicyclic) bond motifs is 1. The zero-order chi connectivity index (χ0) is 18.0. The minimum Gasteiger partial charge on any atom is -0.361 e. The molecule has 1 aromatic heterocycles. The minimum absolute atomic E-state index is 0.184. The van der Waals surface area contributed by atoms with Gasteiger partial charge < -0.3 is 9.88 Å². The highest BCUT2D eigenvalue weighted by atomic mass is 16.2. The molecule has 0 aliphatic carbocycles. The van der Waals surface area contributed by atoms with Gasteiger partial charge in [0.05, 0.1) is 0 Å². The number of piperidine rings is 1. The summed E-state index contributed by atoms with van der Waals surface area (Å²) in [5.74, 6) is 0.528. The zero-order valence-corrected chi connectivity index (χ0v) is 16.0. The lowest BCUT2D eigenvalue weighted by molar-refractivity contribution is -0.140. The topological polar surface area (TPSA) is 39.3 Å². The number of hydrogen-bond donors (Lipinski definition) is 1. The molecule has 0 spiro atoms. The third kappa shape index (κ3) is 3.90. The van der Waals surface area contributed by atoms with Crippen LogP contribution in [0.1, 0.15) is 46.1 Å². The summed E-state index contributed by atoms with van der Waals surface area (Å²) in [5.41, 5.74) is 2.55. The van der Waals surface area contributed by atoms with Crippen molar-refractivity contribution in [1.29, 1.82) is 0 Å². The van der Waals surface area contributed by atoms with E-state index in [0.29, 0.717) is 5.91 Å². The second-order valence-electron chi connectivity index (χ2n) is 7.84. The number of rotatable bonds is 5. The van der Waals surface area contributed by atoms with Crippen LogP contribution in [0.15, 0.2) is 30.5 Å². The third-order valence-electron chi connectivity index (χ3n) is 5.37. The molecule has 1 fully saturated rings. The fourth-order valence-corrected chi connectivity index (χ4v) is 4.16. The maximum atomic E-state index is 12.9. The highest BCUT2D eigenvalue weighted by Gasteiger charge is 2.31. The first kappa shape index (κ1) is 18.0. The van der Waals surface area contributed by atoms with E-state index in [1.807, 2.05) is 0 Å². The maximum absolute atomic E-state index is 12.9. The van der Waals surface area contributed by atoms with Gasteiger partial charge in [0, 0.05) is 41.6 Å². The van der Waals surface area contributed by atoms with Crippen LogP contribution in [0.5, 0.6) is 0 Å². The summed E-state index contributed by atoms with van der Waals surface area (Å²) < 4.78 is 0. The highest BCUT2D eigenvalue weighted by Crippen LogP contribution is 2.25. The number of likely N-dealkylation sites (tertiary alicyclic amines) is 1. The number of carbonyl (C=O) groups is 1. The number of nitrogens with zero attached hydrogens (tertiary/aromatic N) is 2. The molecule has 1 saturated heterocycles. The Morgan fingerprint density at radius 2 is 1.80 bits per heavy atom. The summed E-state index contributed by atoms with van der Waals surface area (Å²) in [7, 11) is 0. The zero-order valence-electron chi connectivity index (χ0n) is 16.0. The number of carbonyl (C=O) groups excluding carboxylic acids is 1. The lowest BCUT2D eigenvalue weighted by Crippen LogP contribution is -2.48. The molecule has 1 aliphatic rings. The molecule has 0 unspecified atom stereocenters.